The second-order valence-electron chi connectivity index (χ2n) is 12.2. The highest BCUT2D eigenvalue weighted by molar-refractivity contribution is 6.09. The Labute approximate surface area is 237 Å². The molecule has 0 amide bonds. The molecule has 200 valence electrons. The second kappa shape index (κ2) is 7.68. The average Bonchev–Trinajstić information content (AvgIpc) is 3.40. The van der Waals surface area contributed by atoms with Gasteiger partial charge in [-0.2, -0.15) is 0 Å². The van der Waals surface area contributed by atoms with Crippen LogP contribution in [0.15, 0.2) is 109 Å². The van der Waals surface area contributed by atoms with Crippen LogP contribution >= 0.6 is 0 Å². The minimum Gasteiger partial charge on any atom is -0.437 e. The van der Waals surface area contributed by atoms with Crippen molar-refractivity contribution in [3.8, 4) is 0 Å². The summed E-state index contributed by atoms with van der Waals surface area (Å²) >= 11 is 0. The van der Waals surface area contributed by atoms with Crippen LogP contribution in [0.1, 0.15) is 45.2 Å². The van der Waals surface area contributed by atoms with Crippen molar-refractivity contribution in [2.45, 2.75) is 23.1 Å². The second-order valence-corrected chi connectivity index (χ2v) is 12.2. The molecule has 0 radical (unpaired) electrons. The van der Waals surface area contributed by atoms with Crippen LogP contribution in [0.5, 0.6) is 0 Å². The molecule has 4 aliphatic carbocycles. The fraction of sp³-hybridized carbons (Fsp3) is 0.250. The van der Waals surface area contributed by atoms with Crippen molar-refractivity contribution in [1.29, 1.82) is 0 Å². The van der Waals surface area contributed by atoms with Gasteiger partial charge in [0.2, 0.25) is 5.72 Å². The van der Waals surface area contributed by atoms with Gasteiger partial charge in [-0.1, -0.05) is 109 Å². The van der Waals surface area contributed by atoms with Crippen molar-refractivity contribution in [1.82, 2.24) is 4.90 Å². The van der Waals surface area contributed by atoms with Crippen LogP contribution in [0.25, 0.3) is 0 Å². The third kappa shape index (κ3) is 2.44. The summed E-state index contributed by atoms with van der Waals surface area (Å²) in [4.78, 5) is 46.6. The Morgan fingerprint density at radius 3 is 1.46 bits per heavy atom. The normalized spacial score (nSPS) is 35.9. The zero-order chi connectivity index (χ0) is 27.7. The highest BCUT2D eigenvalue weighted by atomic mass is 16.6. The molecular formula is C36H27NO4. The molecule has 5 heteroatoms. The van der Waals surface area contributed by atoms with Crippen LogP contribution in [-0.2, 0) is 30.4 Å². The van der Waals surface area contributed by atoms with Crippen LogP contribution < -0.4 is 0 Å². The molecule has 2 heterocycles. The summed E-state index contributed by atoms with van der Waals surface area (Å²) in [6, 6.07) is 35.5. The zero-order valence-corrected chi connectivity index (χ0v) is 22.4. The SMILES string of the molecule is CN1C2(c3ccccc3)OC(=O)C1(c1ccccc1)C1C(=O)C3C4c5ccccc5C(c5ccccc54)C3C(=O)C12. The molecule has 6 unspecified atom stereocenters. The van der Waals surface area contributed by atoms with Crippen molar-refractivity contribution in [2.24, 2.45) is 23.7 Å². The van der Waals surface area contributed by atoms with Crippen molar-refractivity contribution in [2.75, 3.05) is 7.05 Å². The molecule has 4 aromatic rings. The fourth-order valence-corrected chi connectivity index (χ4v) is 9.56. The number of carbonyl (C=O) groups is 3. The number of carbonyl (C=O) groups excluding carboxylic acids is 3. The van der Waals surface area contributed by atoms with E-state index in [1.807, 2.05) is 96.9 Å². The molecule has 0 N–H and O–H groups in total. The number of esters is 1. The number of nitrogens with zero attached hydrogens (tertiary/aromatic N) is 1. The van der Waals surface area contributed by atoms with Gasteiger partial charge in [-0.15, -0.1) is 0 Å². The quantitative estimate of drug-likeness (QED) is 0.331. The molecule has 4 bridgehead atoms. The Morgan fingerprint density at radius 1 is 0.561 bits per heavy atom. The highest BCUT2D eigenvalue weighted by Crippen LogP contribution is 2.71. The Bertz CT molecular complexity index is 1750. The lowest BCUT2D eigenvalue weighted by atomic mass is 9.46. The molecule has 41 heavy (non-hydrogen) atoms. The Morgan fingerprint density at radius 2 is 0.976 bits per heavy atom. The molecule has 1 saturated carbocycles. The number of hydrogen-bond acceptors (Lipinski definition) is 5. The van der Waals surface area contributed by atoms with Gasteiger partial charge in [0, 0.05) is 29.2 Å². The first kappa shape index (κ1) is 23.4. The molecular weight excluding hydrogens is 510 g/mol. The van der Waals surface area contributed by atoms with E-state index in [0.29, 0.717) is 5.56 Å². The highest BCUT2D eigenvalue weighted by Gasteiger charge is 2.83. The lowest BCUT2D eigenvalue weighted by molar-refractivity contribution is -0.186. The van der Waals surface area contributed by atoms with Gasteiger partial charge in [-0.05, 0) is 34.9 Å². The maximum absolute atomic E-state index is 15.2. The Kier molecular flexibility index (Phi) is 4.38. The predicted octanol–water partition coefficient (Wildman–Crippen LogP) is 5.14. The van der Waals surface area contributed by atoms with Crippen LogP contribution in [0.3, 0.4) is 0 Å². The van der Waals surface area contributed by atoms with E-state index >= 15 is 9.59 Å². The number of rotatable bonds is 2. The summed E-state index contributed by atoms with van der Waals surface area (Å²) < 4.78 is 6.40. The van der Waals surface area contributed by atoms with Gasteiger partial charge in [-0.25, -0.2) is 9.69 Å². The molecule has 4 aromatic carbocycles. The summed E-state index contributed by atoms with van der Waals surface area (Å²) in [6.45, 7) is 0. The molecule has 0 spiro atoms. The smallest absolute Gasteiger partial charge is 0.334 e. The van der Waals surface area contributed by atoms with Gasteiger partial charge in [-0.3, -0.25) is 9.59 Å². The number of fused-ring (bicyclic) bond motifs is 5. The standard InChI is InChI=1S/C36H27NO4/c1-37-35(20-12-4-2-5-13-20)30-31(36(37,41-34(35)40)21-14-6-3-7-15-21)33(39)29-27-24-18-10-8-16-22(24)26(28(29)32(30)38)23-17-9-11-19-25(23)27/h2-19,26-31H,1H3. The summed E-state index contributed by atoms with van der Waals surface area (Å²) in [7, 11) is 1.85. The van der Waals surface area contributed by atoms with Gasteiger partial charge >= 0.3 is 5.97 Å². The maximum Gasteiger partial charge on any atom is 0.334 e. The number of benzene rings is 4. The van der Waals surface area contributed by atoms with E-state index in [2.05, 4.69) is 24.3 Å². The summed E-state index contributed by atoms with van der Waals surface area (Å²) in [5, 5.41) is 0. The summed E-state index contributed by atoms with van der Waals surface area (Å²) in [6.07, 6.45) is 0. The van der Waals surface area contributed by atoms with E-state index in [9.17, 15) is 4.79 Å². The third-order valence-corrected chi connectivity index (χ3v) is 10.9. The maximum atomic E-state index is 15.2. The minimum atomic E-state index is -1.39. The van der Waals surface area contributed by atoms with E-state index in [0.717, 1.165) is 27.8 Å². The average molecular weight is 538 g/mol. The molecule has 3 fully saturated rings. The van der Waals surface area contributed by atoms with Gasteiger partial charge in [0.05, 0.1) is 11.8 Å². The molecule has 6 aliphatic rings. The molecule has 0 aromatic heterocycles. The largest absolute Gasteiger partial charge is 0.437 e. The third-order valence-electron chi connectivity index (χ3n) is 10.9. The molecule has 5 nitrogen and oxygen atoms in total. The fourth-order valence-electron chi connectivity index (χ4n) is 9.56. The van der Waals surface area contributed by atoms with E-state index in [-0.39, 0.29) is 23.4 Å². The zero-order valence-electron chi connectivity index (χ0n) is 22.4. The molecule has 2 aliphatic heterocycles. The molecule has 6 atom stereocenters. The lowest BCUT2D eigenvalue weighted by Crippen LogP contribution is -2.63. The van der Waals surface area contributed by atoms with E-state index in [4.69, 9.17) is 4.74 Å². The van der Waals surface area contributed by atoms with E-state index in [1.54, 1.807) is 0 Å². The predicted molar refractivity (Wildman–Crippen MR) is 151 cm³/mol. The summed E-state index contributed by atoms with van der Waals surface area (Å²) in [5.41, 5.74) is 3.18. The van der Waals surface area contributed by atoms with Crippen molar-refractivity contribution in [3.63, 3.8) is 0 Å². The van der Waals surface area contributed by atoms with Gasteiger partial charge in [0.1, 0.15) is 11.6 Å². The number of ketones is 2. The van der Waals surface area contributed by atoms with Crippen LogP contribution in [0.2, 0.25) is 0 Å². The van der Waals surface area contributed by atoms with Crippen molar-refractivity contribution in [3.05, 3.63) is 143 Å². The van der Waals surface area contributed by atoms with Crippen LogP contribution in [-0.4, -0.2) is 29.5 Å². The number of Topliss-reactive ketones (excluding diaryl/α,β-unsaturated/α-hetero) is 2. The molecule has 10 rings (SSSR count). The van der Waals surface area contributed by atoms with E-state index in [1.165, 1.54) is 0 Å². The van der Waals surface area contributed by atoms with Crippen molar-refractivity contribution >= 4 is 17.5 Å². The van der Waals surface area contributed by atoms with Crippen LogP contribution in [0.4, 0.5) is 0 Å². The first-order valence-electron chi connectivity index (χ1n) is 14.4. The number of hydrogen-bond donors (Lipinski definition) is 0. The first-order chi connectivity index (χ1) is 20.0. The van der Waals surface area contributed by atoms with Gasteiger partial charge in [0.15, 0.2) is 5.54 Å². The monoisotopic (exact) mass is 537 g/mol. The van der Waals surface area contributed by atoms with Gasteiger partial charge < -0.3 is 4.74 Å². The Hall–Kier alpha value is -4.35. The summed E-state index contributed by atoms with van der Waals surface area (Å²) in [5.74, 6) is -3.60. The van der Waals surface area contributed by atoms with Gasteiger partial charge in [0.25, 0.3) is 0 Å². The first-order valence-corrected chi connectivity index (χ1v) is 14.4. The lowest BCUT2D eigenvalue weighted by Gasteiger charge is -2.55. The molecule has 2 saturated heterocycles. The topological polar surface area (TPSA) is 63.7 Å². The number of likely N-dealkylation sites (N-methyl/N-ethyl adjacent to an activating group) is 1. The van der Waals surface area contributed by atoms with Crippen LogP contribution in [0, 0.1) is 23.7 Å². The minimum absolute atomic E-state index is 0.00349. The Balaban J connectivity index is 1.34. The number of ether oxygens (including phenoxy) is 1. The van der Waals surface area contributed by atoms with E-state index < -0.39 is 40.9 Å². The van der Waals surface area contributed by atoms with Crippen molar-refractivity contribution < 1.29 is 19.1 Å².